The molecule has 1 aromatic heterocycles. The molecule has 1 aliphatic rings. The molecule has 0 spiro atoms. The van der Waals surface area contributed by atoms with E-state index in [-0.39, 0.29) is 11.9 Å². The largest absolute Gasteiger partial charge is 0.303 e. The molecule has 0 aliphatic heterocycles. The molecule has 1 N–H and O–H groups in total. The van der Waals surface area contributed by atoms with Gasteiger partial charge in [-0.2, -0.15) is 0 Å². The van der Waals surface area contributed by atoms with Crippen LogP contribution >= 0.6 is 11.3 Å². The fourth-order valence-electron chi connectivity index (χ4n) is 3.06. The molecule has 0 bridgehead atoms. The predicted molar refractivity (Wildman–Crippen MR) is 87.3 cm³/mol. The number of thiophene rings is 1. The van der Waals surface area contributed by atoms with E-state index in [4.69, 9.17) is 0 Å². The molecule has 0 saturated heterocycles. The van der Waals surface area contributed by atoms with Crippen molar-refractivity contribution in [3.63, 3.8) is 0 Å². The summed E-state index contributed by atoms with van der Waals surface area (Å²) in [4.78, 5) is 2.98. The molecule has 0 fully saturated rings. The van der Waals surface area contributed by atoms with E-state index in [1.807, 2.05) is 17.4 Å². The van der Waals surface area contributed by atoms with Crippen LogP contribution < -0.4 is 5.32 Å². The monoisotopic (exact) mass is 303 g/mol. The number of aryl methyl sites for hydroxylation is 2. The van der Waals surface area contributed by atoms with Crippen molar-refractivity contribution in [1.29, 1.82) is 0 Å². The minimum absolute atomic E-state index is 0.148. The van der Waals surface area contributed by atoms with Crippen molar-refractivity contribution in [1.82, 2.24) is 5.32 Å². The number of hydrogen-bond donors (Lipinski definition) is 1. The molecule has 21 heavy (non-hydrogen) atoms. The van der Waals surface area contributed by atoms with Crippen molar-refractivity contribution in [3.8, 4) is 0 Å². The third kappa shape index (κ3) is 3.35. The highest BCUT2D eigenvalue weighted by atomic mass is 32.1. The van der Waals surface area contributed by atoms with E-state index in [1.54, 1.807) is 22.6 Å². The fourth-order valence-corrected chi connectivity index (χ4v) is 4.33. The average Bonchev–Trinajstić information content (AvgIpc) is 2.91. The van der Waals surface area contributed by atoms with Gasteiger partial charge in [0.2, 0.25) is 0 Å². The lowest BCUT2D eigenvalue weighted by Crippen LogP contribution is -2.21. The molecular weight excluding hydrogens is 281 g/mol. The van der Waals surface area contributed by atoms with Gasteiger partial charge >= 0.3 is 0 Å². The highest BCUT2D eigenvalue weighted by molar-refractivity contribution is 7.12. The maximum absolute atomic E-state index is 13.3. The van der Waals surface area contributed by atoms with E-state index in [1.165, 1.54) is 36.6 Å². The van der Waals surface area contributed by atoms with E-state index >= 15 is 0 Å². The van der Waals surface area contributed by atoms with Crippen LogP contribution in [-0.4, -0.2) is 0 Å². The second-order valence-corrected chi connectivity index (χ2v) is 7.14. The molecule has 112 valence electrons. The van der Waals surface area contributed by atoms with Gasteiger partial charge in [-0.3, -0.25) is 0 Å². The van der Waals surface area contributed by atoms with Crippen molar-refractivity contribution in [3.05, 3.63) is 57.0 Å². The number of hydrogen-bond acceptors (Lipinski definition) is 2. The van der Waals surface area contributed by atoms with E-state index in [2.05, 4.69) is 25.2 Å². The molecule has 1 nitrogen and oxygen atoms in total. The zero-order valence-corrected chi connectivity index (χ0v) is 13.5. The first kappa shape index (κ1) is 14.7. The van der Waals surface area contributed by atoms with Crippen molar-refractivity contribution in [2.24, 2.45) is 0 Å². The Balaban J connectivity index is 1.70. The van der Waals surface area contributed by atoms with E-state index in [0.717, 1.165) is 5.56 Å². The Kier molecular flexibility index (Phi) is 4.41. The van der Waals surface area contributed by atoms with Crippen LogP contribution in [0.15, 0.2) is 30.3 Å². The summed E-state index contributed by atoms with van der Waals surface area (Å²) in [7, 11) is 0. The Morgan fingerprint density at radius 3 is 2.67 bits per heavy atom. The molecule has 1 aromatic carbocycles. The Bertz CT molecular complexity index is 596. The normalized spacial score (nSPS) is 17.3. The quantitative estimate of drug-likeness (QED) is 0.821. The number of fused-ring (bicyclic) bond motifs is 1. The third-order valence-corrected chi connectivity index (χ3v) is 5.71. The van der Waals surface area contributed by atoms with Crippen LogP contribution in [0.5, 0.6) is 0 Å². The van der Waals surface area contributed by atoms with Crippen molar-refractivity contribution < 1.29 is 4.39 Å². The van der Waals surface area contributed by atoms with Gasteiger partial charge in [-0.15, -0.1) is 11.3 Å². The lowest BCUT2D eigenvalue weighted by molar-refractivity contribution is 0.497. The zero-order chi connectivity index (χ0) is 14.8. The Morgan fingerprint density at radius 2 is 1.90 bits per heavy atom. The summed E-state index contributed by atoms with van der Waals surface area (Å²) in [5, 5.41) is 3.59. The molecule has 0 amide bonds. The van der Waals surface area contributed by atoms with Gasteiger partial charge in [-0.25, -0.2) is 4.39 Å². The number of rotatable bonds is 4. The van der Waals surface area contributed by atoms with E-state index in [9.17, 15) is 4.39 Å². The molecule has 1 heterocycles. The Hall–Kier alpha value is -1.19. The van der Waals surface area contributed by atoms with Gasteiger partial charge in [0.05, 0.1) is 0 Å². The molecule has 0 saturated carbocycles. The second kappa shape index (κ2) is 6.29. The topological polar surface area (TPSA) is 12.0 Å². The maximum Gasteiger partial charge on any atom is 0.123 e. The average molecular weight is 303 g/mol. The summed E-state index contributed by atoms with van der Waals surface area (Å²) in [6, 6.07) is 9.68. The summed E-state index contributed by atoms with van der Waals surface area (Å²) in [6.07, 6.45) is 5.13. The first-order valence-corrected chi connectivity index (χ1v) is 8.58. The minimum atomic E-state index is -0.166. The van der Waals surface area contributed by atoms with E-state index in [0.29, 0.717) is 6.04 Å². The van der Waals surface area contributed by atoms with Crippen LogP contribution in [0.3, 0.4) is 0 Å². The molecule has 2 aromatic rings. The summed E-state index contributed by atoms with van der Waals surface area (Å²) in [5.41, 5.74) is 2.55. The predicted octanol–water partition coefficient (Wildman–Crippen LogP) is 5.18. The molecule has 1 aliphatic carbocycles. The van der Waals surface area contributed by atoms with Crippen LogP contribution in [-0.2, 0) is 12.8 Å². The smallest absolute Gasteiger partial charge is 0.123 e. The zero-order valence-electron chi connectivity index (χ0n) is 12.7. The van der Waals surface area contributed by atoms with Crippen molar-refractivity contribution in [2.45, 2.75) is 51.6 Å². The second-order valence-electron chi connectivity index (χ2n) is 5.97. The minimum Gasteiger partial charge on any atom is -0.303 e. The highest BCUT2D eigenvalue weighted by Crippen LogP contribution is 2.33. The van der Waals surface area contributed by atoms with Crippen LogP contribution in [0.25, 0.3) is 0 Å². The van der Waals surface area contributed by atoms with Gasteiger partial charge in [0, 0.05) is 21.8 Å². The van der Waals surface area contributed by atoms with Crippen LogP contribution in [0, 0.1) is 5.82 Å². The van der Waals surface area contributed by atoms with Gasteiger partial charge in [0.15, 0.2) is 0 Å². The number of nitrogens with one attached hydrogen (secondary N) is 1. The first-order chi connectivity index (χ1) is 10.1. The van der Waals surface area contributed by atoms with Gasteiger partial charge in [-0.1, -0.05) is 12.1 Å². The first-order valence-electron chi connectivity index (χ1n) is 7.76. The molecule has 1 unspecified atom stereocenters. The van der Waals surface area contributed by atoms with Crippen molar-refractivity contribution in [2.75, 3.05) is 0 Å². The lowest BCUT2D eigenvalue weighted by atomic mass is 9.99. The summed E-state index contributed by atoms with van der Waals surface area (Å²) in [5.74, 6) is -0.166. The van der Waals surface area contributed by atoms with Crippen LogP contribution in [0.4, 0.5) is 4.39 Å². The molecule has 3 rings (SSSR count). The Labute approximate surface area is 130 Å². The molecule has 0 radical (unpaired) electrons. The van der Waals surface area contributed by atoms with Gasteiger partial charge in [0.1, 0.15) is 5.82 Å². The summed E-state index contributed by atoms with van der Waals surface area (Å²) >= 11 is 1.95. The SMILES string of the molecule is CC(N[C@H](C)c1cccc(F)c1)c1cc2c(s1)CCCC2. The summed E-state index contributed by atoms with van der Waals surface area (Å²) in [6.45, 7) is 4.30. The molecule has 3 heteroatoms. The standard InChI is InChI=1S/C18H22FNS/c1-12(14-7-5-8-16(19)10-14)20-13(2)18-11-15-6-3-4-9-17(15)21-18/h5,7-8,10-13,20H,3-4,6,9H2,1-2H3/t12-,13?/m1/s1. The third-order valence-electron chi connectivity index (χ3n) is 4.29. The van der Waals surface area contributed by atoms with Crippen molar-refractivity contribution >= 4 is 11.3 Å². The molecular formula is C18H22FNS. The summed E-state index contributed by atoms with van der Waals surface area (Å²) < 4.78 is 13.3. The highest BCUT2D eigenvalue weighted by Gasteiger charge is 2.18. The Morgan fingerprint density at radius 1 is 1.10 bits per heavy atom. The number of benzene rings is 1. The lowest BCUT2D eigenvalue weighted by Gasteiger charge is -2.19. The van der Waals surface area contributed by atoms with Gasteiger partial charge < -0.3 is 5.32 Å². The van der Waals surface area contributed by atoms with E-state index < -0.39 is 0 Å². The molecule has 2 atom stereocenters. The van der Waals surface area contributed by atoms with Crippen LogP contribution in [0.1, 0.15) is 59.7 Å². The van der Waals surface area contributed by atoms with Gasteiger partial charge in [-0.05, 0) is 68.9 Å². The maximum atomic E-state index is 13.3. The van der Waals surface area contributed by atoms with Gasteiger partial charge in [0.25, 0.3) is 0 Å². The van der Waals surface area contributed by atoms with Crippen LogP contribution in [0.2, 0.25) is 0 Å². The fraction of sp³-hybridized carbons (Fsp3) is 0.444. The number of halogens is 1.